The van der Waals surface area contributed by atoms with E-state index in [0.29, 0.717) is 12.4 Å². The summed E-state index contributed by atoms with van der Waals surface area (Å²) in [5, 5.41) is 2.61. The Labute approximate surface area is 206 Å². The molecule has 0 unspecified atom stereocenters. The zero-order valence-electron chi connectivity index (χ0n) is 18.5. The summed E-state index contributed by atoms with van der Waals surface area (Å²) >= 11 is 3.29. The van der Waals surface area contributed by atoms with Crippen molar-refractivity contribution in [3.05, 3.63) is 82.8 Å². The van der Waals surface area contributed by atoms with Gasteiger partial charge >= 0.3 is 5.97 Å². The summed E-state index contributed by atoms with van der Waals surface area (Å²) in [6.45, 7) is 1.78. The van der Waals surface area contributed by atoms with Gasteiger partial charge in [-0.25, -0.2) is 13.2 Å². The number of esters is 1. The van der Waals surface area contributed by atoms with Crippen molar-refractivity contribution >= 4 is 49.2 Å². The molecule has 0 aliphatic heterocycles. The van der Waals surface area contributed by atoms with Crippen LogP contribution in [0.1, 0.15) is 17.3 Å². The number of carbonyl (C=O) groups excluding carboxylic acids is 2. The van der Waals surface area contributed by atoms with Crippen molar-refractivity contribution < 1.29 is 27.5 Å². The Balaban J connectivity index is 1.95. The summed E-state index contributed by atoms with van der Waals surface area (Å²) in [6.07, 6.45) is 0. The highest BCUT2D eigenvalue weighted by Crippen LogP contribution is 2.27. The molecule has 34 heavy (non-hydrogen) atoms. The maximum atomic E-state index is 13.5. The van der Waals surface area contributed by atoms with Crippen molar-refractivity contribution in [2.24, 2.45) is 0 Å². The second-order valence-corrected chi connectivity index (χ2v) is 9.76. The molecule has 0 saturated heterocycles. The summed E-state index contributed by atoms with van der Waals surface area (Å²) in [4.78, 5) is 25.0. The van der Waals surface area contributed by atoms with E-state index in [4.69, 9.17) is 9.47 Å². The van der Waals surface area contributed by atoms with Crippen molar-refractivity contribution in [1.82, 2.24) is 0 Å². The first-order chi connectivity index (χ1) is 16.3. The molecule has 1 amide bonds. The third kappa shape index (κ3) is 5.95. The van der Waals surface area contributed by atoms with Gasteiger partial charge in [-0.2, -0.15) is 0 Å². The number of hydrogen-bond acceptors (Lipinski definition) is 6. The van der Waals surface area contributed by atoms with Gasteiger partial charge in [0.15, 0.2) is 0 Å². The molecule has 0 bridgehead atoms. The molecular formula is C24H23BrN2O6S. The number of nitrogens with zero attached hydrogens (tertiary/aromatic N) is 1. The van der Waals surface area contributed by atoms with E-state index in [0.717, 1.165) is 8.78 Å². The van der Waals surface area contributed by atoms with Crippen LogP contribution in [0.25, 0.3) is 0 Å². The summed E-state index contributed by atoms with van der Waals surface area (Å²) in [7, 11) is -2.86. The highest BCUT2D eigenvalue weighted by atomic mass is 79.9. The predicted molar refractivity (Wildman–Crippen MR) is 133 cm³/mol. The molecule has 0 atom stereocenters. The molecule has 0 aromatic heterocycles. The Morgan fingerprint density at radius 1 is 0.971 bits per heavy atom. The number of anilines is 2. The summed E-state index contributed by atoms with van der Waals surface area (Å²) in [6, 6.07) is 18.8. The van der Waals surface area contributed by atoms with Gasteiger partial charge in [0.25, 0.3) is 10.0 Å². The Morgan fingerprint density at radius 2 is 1.62 bits per heavy atom. The molecule has 0 fully saturated rings. The lowest BCUT2D eigenvalue weighted by atomic mass is 10.2. The van der Waals surface area contributed by atoms with Crippen molar-refractivity contribution in [3.63, 3.8) is 0 Å². The third-order valence-electron chi connectivity index (χ3n) is 4.73. The first kappa shape index (κ1) is 25.3. The highest BCUT2D eigenvalue weighted by molar-refractivity contribution is 9.10. The number of amides is 1. The molecule has 0 radical (unpaired) electrons. The van der Waals surface area contributed by atoms with Crippen LogP contribution >= 0.6 is 15.9 Å². The van der Waals surface area contributed by atoms with Crippen LogP contribution in [0.5, 0.6) is 5.75 Å². The van der Waals surface area contributed by atoms with Gasteiger partial charge in [-0.3, -0.25) is 9.10 Å². The van der Waals surface area contributed by atoms with E-state index in [1.807, 2.05) is 6.92 Å². The van der Waals surface area contributed by atoms with Crippen LogP contribution in [0.4, 0.5) is 11.4 Å². The zero-order valence-corrected chi connectivity index (χ0v) is 20.9. The van der Waals surface area contributed by atoms with E-state index in [9.17, 15) is 18.0 Å². The molecule has 10 heteroatoms. The molecule has 0 saturated carbocycles. The highest BCUT2D eigenvalue weighted by Gasteiger charge is 2.28. The van der Waals surface area contributed by atoms with Gasteiger partial charge in [0.05, 0.1) is 35.6 Å². The molecule has 0 aliphatic carbocycles. The number of ether oxygens (including phenoxy) is 2. The lowest BCUT2D eigenvalue weighted by Gasteiger charge is -2.24. The van der Waals surface area contributed by atoms with Crippen LogP contribution in [-0.4, -0.2) is 40.6 Å². The molecule has 0 heterocycles. The minimum absolute atomic E-state index is 0.0207. The standard InChI is InChI=1S/C24H23BrN2O6S/c1-3-33-19-12-10-18(11-13-19)27(34(30,31)20-14-8-17(25)9-15-20)16-23(28)26-22-7-5-4-6-21(22)24(29)32-2/h4-15H,3,16H2,1-2H3,(H,26,28). The number of carbonyl (C=O) groups is 2. The quantitative estimate of drug-likeness (QED) is 0.397. The van der Waals surface area contributed by atoms with E-state index in [1.165, 1.54) is 31.4 Å². The van der Waals surface area contributed by atoms with Crippen LogP contribution in [0.15, 0.2) is 82.2 Å². The molecule has 178 valence electrons. The van der Waals surface area contributed by atoms with Crippen molar-refractivity contribution in [2.75, 3.05) is 29.9 Å². The fraction of sp³-hybridized carbons (Fsp3) is 0.167. The number of benzene rings is 3. The fourth-order valence-electron chi connectivity index (χ4n) is 3.12. The lowest BCUT2D eigenvalue weighted by Crippen LogP contribution is -2.38. The molecule has 3 aromatic rings. The monoisotopic (exact) mass is 546 g/mol. The minimum atomic E-state index is -4.10. The first-order valence-corrected chi connectivity index (χ1v) is 12.5. The Hall–Kier alpha value is -3.37. The zero-order chi connectivity index (χ0) is 24.7. The van der Waals surface area contributed by atoms with Crippen LogP contribution in [0, 0.1) is 0 Å². The maximum absolute atomic E-state index is 13.5. The van der Waals surface area contributed by atoms with Gasteiger partial charge in [-0.1, -0.05) is 28.1 Å². The average molecular weight is 547 g/mol. The van der Waals surface area contributed by atoms with Crippen molar-refractivity contribution in [1.29, 1.82) is 0 Å². The number of para-hydroxylation sites is 1. The maximum Gasteiger partial charge on any atom is 0.339 e. The second-order valence-electron chi connectivity index (χ2n) is 6.98. The minimum Gasteiger partial charge on any atom is -0.494 e. The average Bonchev–Trinajstić information content (AvgIpc) is 2.83. The largest absolute Gasteiger partial charge is 0.494 e. The SMILES string of the molecule is CCOc1ccc(N(CC(=O)Nc2ccccc2C(=O)OC)S(=O)(=O)c2ccc(Br)cc2)cc1. The molecule has 3 rings (SSSR count). The molecular weight excluding hydrogens is 524 g/mol. The van der Waals surface area contributed by atoms with Crippen molar-refractivity contribution in [2.45, 2.75) is 11.8 Å². The topological polar surface area (TPSA) is 102 Å². The van der Waals surface area contributed by atoms with Gasteiger partial charge in [0.1, 0.15) is 12.3 Å². The smallest absolute Gasteiger partial charge is 0.339 e. The number of sulfonamides is 1. The van der Waals surface area contributed by atoms with Crippen LogP contribution in [0.3, 0.4) is 0 Å². The number of halogens is 1. The van der Waals surface area contributed by atoms with Gasteiger partial charge in [0, 0.05) is 4.47 Å². The number of nitrogens with one attached hydrogen (secondary N) is 1. The van der Waals surface area contributed by atoms with E-state index >= 15 is 0 Å². The van der Waals surface area contributed by atoms with Gasteiger partial charge in [-0.05, 0) is 67.6 Å². The second kappa shape index (κ2) is 11.2. The first-order valence-electron chi connectivity index (χ1n) is 10.2. The molecule has 1 N–H and O–H groups in total. The summed E-state index contributed by atoms with van der Waals surface area (Å²) < 4.78 is 38.9. The number of hydrogen-bond donors (Lipinski definition) is 1. The van der Waals surface area contributed by atoms with E-state index in [-0.39, 0.29) is 21.8 Å². The van der Waals surface area contributed by atoms with Gasteiger partial charge in [-0.15, -0.1) is 0 Å². The van der Waals surface area contributed by atoms with Gasteiger partial charge in [0.2, 0.25) is 5.91 Å². The Kier molecular flexibility index (Phi) is 8.30. The number of methoxy groups -OCH3 is 1. The number of rotatable bonds is 9. The molecule has 3 aromatic carbocycles. The van der Waals surface area contributed by atoms with Crippen LogP contribution in [0.2, 0.25) is 0 Å². The van der Waals surface area contributed by atoms with E-state index < -0.39 is 28.4 Å². The van der Waals surface area contributed by atoms with Crippen LogP contribution in [-0.2, 0) is 19.6 Å². The summed E-state index contributed by atoms with van der Waals surface area (Å²) in [5.74, 6) is -0.684. The summed E-state index contributed by atoms with van der Waals surface area (Å²) in [5.41, 5.74) is 0.650. The van der Waals surface area contributed by atoms with Crippen molar-refractivity contribution in [3.8, 4) is 5.75 Å². The van der Waals surface area contributed by atoms with E-state index in [1.54, 1.807) is 48.5 Å². The van der Waals surface area contributed by atoms with E-state index in [2.05, 4.69) is 21.2 Å². The lowest BCUT2D eigenvalue weighted by molar-refractivity contribution is -0.114. The third-order valence-corrected chi connectivity index (χ3v) is 7.05. The fourth-order valence-corrected chi connectivity index (χ4v) is 4.81. The van der Waals surface area contributed by atoms with Gasteiger partial charge < -0.3 is 14.8 Å². The Morgan fingerprint density at radius 3 is 2.24 bits per heavy atom. The molecule has 0 aliphatic rings. The van der Waals surface area contributed by atoms with Crippen LogP contribution < -0.4 is 14.4 Å². The Bertz CT molecular complexity index is 1260. The normalized spacial score (nSPS) is 10.9. The predicted octanol–water partition coefficient (Wildman–Crippen LogP) is 4.47. The molecule has 8 nitrogen and oxygen atoms in total. The molecule has 0 spiro atoms.